The van der Waals surface area contributed by atoms with Gasteiger partial charge in [0.2, 0.25) is 0 Å². The predicted molar refractivity (Wildman–Crippen MR) is 115 cm³/mol. The molecule has 7 heteroatoms. The minimum absolute atomic E-state index is 0. The summed E-state index contributed by atoms with van der Waals surface area (Å²) in [5.41, 5.74) is 1.03. The number of benzene rings is 1. The fourth-order valence-electron chi connectivity index (χ4n) is 2.05. The van der Waals surface area contributed by atoms with Gasteiger partial charge in [0.05, 0.1) is 11.6 Å². The summed E-state index contributed by atoms with van der Waals surface area (Å²) in [5, 5.41) is 8.52. The summed E-state index contributed by atoms with van der Waals surface area (Å²) >= 11 is 7.95. The van der Waals surface area contributed by atoms with Gasteiger partial charge in [0, 0.05) is 35.6 Å². The number of hydrogen-bond donors (Lipinski definition) is 2. The maximum Gasteiger partial charge on any atom is 0.191 e. The van der Waals surface area contributed by atoms with Crippen molar-refractivity contribution in [1.82, 2.24) is 15.6 Å². The smallest absolute Gasteiger partial charge is 0.191 e. The van der Waals surface area contributed by atoms with Gasteiger partial charge in [0.1, 0.15) is 0 Å². The summed E-state index contributed by atoms with van der Waals surface area (Å²) in [6, 6.07) is 7.79. The predicted octanol–water partition coefficient (Wildman–Crippen LogP) is 4.27. The second-order valence-electron chi connectivity index (χ2n) is 5.04. The standard InChI is InChI=1S/C17H23ClN4S.HI/c1-3-14-12-21-16(23-14)9-10-20-17(19-4-2)22-11-13-7-5-6-8-15(13)18;/h5-8,12H,3-4,9-11H2,1-2H3,(H2,19,20,22);1H. The zero-order valence-corrected chi connectivity index (χ0v) is 17.9. The lowest BCUT2D eigenvalue weighted by Crippen LogP contribution is -2.38. The van der Waals surface area contributed by atoms with Crippen LogP contribution in [0.3, 0.4) is 0 Å². The number of rotatable bonds is 7. The zero-order valence-electron chi connectivity index (χ0n) is 14.0. The Kier molecular flexibility index (Phi) is 10.3. The highest BCUT2D eigenvalue weighted by Crippen LogP contribution is 2.15. The van der Waals surface area contributed by atoms with Crippen molar-refractivity contribution < 1.29 is 0 Å². The van der Waals surface area contributed by atoms with Crippen LogP contribution in [0.2, 0.25) is 5.02 Å². The van der Waals surface area contributed by atoms with E-state index in [0.29, 0.717) is 6.54 Å². The van der Waals surface area contributed by atoms with Crippen molar-refractivity contribution in [3.8, 4) is 0 Å². The summed E-state index contributed by atoms with van der Waals surface area (Å²) in [7, 11) is 0. The molecule has 4 nitrogen and oxygen atoms in total. The molecule has 1 heterocycles. The molecule has 0 fully saturated rings. The number of nitrogens with one attached hydrogen (secondary N) is 2. The Morgan fingerprint density at radius 2 is 2.04 bits per heavy atom. The van der Waals surface area contributed by atoms with E-state index in [9.17, 15) is 0 Å². The van der Waals surface area contributed by atoms with Gasteiger partial charge in [-0.15, -0.1) is 35.3 Å². The van der Waals surface area contributed by atoms with Crippen LogP contribution in [0.25, 0.3) is 0 Å². The molecular formula is C17H24ClIN4S. The van der Waals surface area contributed by atoms with Gasteiger partial charge in [-0.25, -0.2) is 9.98 Å². The monoisotopic (exact) mass is 478 g/mol. The molecule has 0 spiro atoms. The van der Waals surface area contributed by atoms with E-state index < -0.39 is 0 Å². The van der Waals surface area contributed by atoms with Crippen molar-refractivity contribution in [1.29, 1.82) is 0 Å². The van der Waals surface area contributed by atoms with Gasteiger partial charge in [-0.1, -0.05) is 36.7 Å². The molecule has 0 aliphatic carbocycles. The summed E-state index contributed by atoms with van der Waals surface area (Å²) in [6.07, 6.45) is 3.92. The molecule has 132 valence electrons. The Bertz CT molecular complexity index is 645. The van der Waals surface area contributed by atoms with E-state index >= 15 is 0 Å². The maximum atomic E-state index is 6.17. The number of hydrogen-bond acceptors (Lipinski definition) is 3. The minimum atomic E-state index is 0. The summed E-state index contributed by atoms with van der Waals surface area (Å²) in [6.45, 7) is 6.41. The van der Waals surface area contributed by atoms with Crippen molar-refractivity contribution in [3.63, 3.8) is 0 Å². The lowest BCUT2D eigenvalue weighted by Gasteiger charge is -2.11. The Hall–Kier alpha value is -0.860. The van der Waals surface area contributed by atoms with Gasteiger partial charge in [-0.3, -0.25) is 0 Å². The van der Waals surface area contributed by atoms with Crippen LogP contribution in [0.5, 0.6) is 0 Å². The molecule has 0 unspecified atom stereocenters. The van der Waals surface area contributed by atoms with E-state index in [2.05, 4.69) is 34.5 Å². The third kappa shape index (κ3) is 6.94. The number of halogens is 2. The third-order valence-electron chi connectivity index (χ3n) is 3.29. The molecule has 0 amide bonds. The fraction of sp³-hybridized carbons (Fsp3) is 0.412. The highest BCUT2D eigenvalue weighted by atomic mass is 127. The summed E-state index contributed by atoms with van der Waals surface area (Å²) in [4.78, 5) is 10.4. The molecule has 0 atom stereocenters. The fourth-order valence-corrected chi connectivity index (χ4v) is 3.10. The third-order valence-corrected chi connectivity index (χ3v) is 4.86. The minimum Gasteiger partial charge on any atom is -0.357 e. The van der Waals surface area contributed by atoms with Gasteiger partial charge in [0.25, 0.3) is 0 Å². The molecular weight excluding hydrogens is 455 g/mol. The molecule has 2 rings (SSSR count). The number of thiazole rings is 1. The topological polar surface area (TPSA) is 49.3 Å². The van der Waals surface area contributed by atoms with Gasteiger partial charge in [0.15, 0.2) is 5.96 Å². The molecule has 24 heavy (non-hydrogen) atoms. The molecule has 2 aromatic rings. The lowest BCUT2D eigenvalue weighted by atomic mass is 10.2. The van der Waals surface area contributed by atoms with Crippen molar-refractivity contribution in [2.24, 2.45) is 4.99 Å². The molecule has 0 saturated heterocycles. The molecule has 1 aromatic heterocycles. The zero-order chi connectivity index (χ0) is 16.5. The van der Waals surface area contributed by atoms with E-state index in [0.717, 1.165) is 47.5 Å². The Morgan fingerprint density at radius 3 is 2.71 bits per heavy atom. The first-order chi connectivity index (χ1) is 11.2. The average Bonchev–Trinajstić information content (AvgIpc) is 3.02. The van der Waals surface area contributed by atoms with Crippen LogP contribution >= 0.6 is 46.9 Å². The van der Waals surface area contributed by atoms with Crippen molar-refractivity contribution in [3.05, 3.63) is 50.9 Å². The lowest BCUT2D eigenvalue weighted by molar-refractivity contribution is 0.796. The first kappa shape index (κ1) is 21.2. The number of nitrogens with zero attached hydrogens (tertiary/aromatic N) is 2. The van der Waals surface area contributed by atoms with E-state index in [1.807, 2.05) is 30.5 Å². The number of aliphatic imine (C=N–C) groups is 1. The van der Waals surface area contributed by atoms with Crippen LogP contribution < -0.4 is 10.6 Å². The number of aryl methyl sites for hydroxylation is 1. The maximum absolute atomic E-state index is 6.17. The molecule has 0 saturated carbocycles. The quantitative estimate of drug-likeness (QED) is 0.355. The number of aromatic nitrogens is 1. The van der Waals surface area contributed by atoms with Crippen LogP contribution in [0.1, 0.15) is 29.3 Å². The second-order valence-corrected chi connectivity index (χ2v) is 6.64. The van der Waals surface area contributed by atoms with Gasteiger partial charge in [-0.05, 0) is 25.0 Å². The van der Waals surface area contributed by atoms with Crippen molar-refractivity contribution in [2.45, 2.75) is 33.2 Å². The first-order valence-electron chi connectivity index (χ1n) is 7.92. The van der Waals surface area contributed by atoms with Crippen LogP contribution in [-0.4, -0.2) is 24.0 Å². The largest absolute Gasteiger partial charge is 0.357 e. The van der Waals surface area contributed by atoms with Crippen LogP contribution in [0.4, 0.5) is 0 Å². The first-order valence-corrected chi connectivity index (χ1v) is 9.11. The van der Waals surface area contributed by atoms with Crippen molar-refractivity contribution >= 4 is 52.9 Å². The van der Waals surface area contributed by atoms with Crippen LogP contribution in [0, 0.1) is 0 Å². The highest BCUT2D eigenvalue weighted by Gasteiger charge is 2.03. The van der Waals surface area contributed by atoms with Crippen molar-refractivity contribution in [2.75, 3.05) is 13.1 Å². The van der Waals surface area contributed by atoms with E-state index in [1.54, 1.807) is 11.3 Å². The van der Waals surface area contributed by atoms with Gasteiger partial charge < -0.3 is 10.6 Å². The Balaban J connectivity index is 0.00000288. The van der Waals surface area contributed by atoms with Gasteiger partial charge >= 0.3 is 0 Å². The number of guanidine groups is 1. The van der Waals surface area contributed by atoms with E-state index in [-0.39, 0.29) is 24.0 Å². The Morgan fingerprint density at radius 1 is 1.25 bits per heavy atom. The van der Waals surface area contributed by atoms with Crippen LogP contribution in [-0.2, 0) is 19.4 Å². The SMILES string of the molecule is CCNC(=NCc1ccccc1Cl)NCCc1ncc(CC)s1.I. The molecule has 1 aromatic carbocycles. The summed E-state index contributed by atoms with van der Waals surface area (Å²) in [5.74, 6) is 0.805. The van der Waals surface area contributed by atoms with E-state index in [1.165, 1.54) is 4.88 Å². The molecule has 0 bridgehead atoms. The summed E-state index contributed by atoms with van der Waals surface area (Å²) < 4.78 is 0. The molecule has 0 aliphatic rings. The Labute approximate surface area is 170 Å². The second kappa shape index (κ2) is 11.7. The highest BCUT2D eigenvalue weighted by molar-refractivity contribution is 14.0. The van der Waals surface area contributed by atoms with Crippen LogP contribution in [0.15, 0.2) is 35.5 Å². The molecule has 2 N–H and O–H groups in total. The van der Waals surface area contributed by atoms with Gasteiger partial charge in [-0.2, -0.15) is 0 Å². The molecule has 0 aliphatic heterocycles. The normalized spacial score (nSPS) is 11.0. The van der Waals surface area contributed by atoms with E-state index in [4.69, 9.17) is 11.6 Å². The molecule has 0 radical (unpaired) electrons. The average molecular weight is 479 g/mol.